The Bertz CT molecular complexity index is 802. The Labute approximate surface area is 159 Å². The molecule has 2 saturated carbocycles. The minimum atomic E-state index is -1.33. The molecule has 1 aromatic carbocycles. The number of aryl methyl sites for hydroxylation is 1. The number of fused-ring (bicyclic) bond motifs is 5. The van der Waals surface area contributed by atoms with Crippen molar-refractivity contribution in [3.63, 3.8) is 0 Å². The number of hydrogen-bond acceptors (Lipinski definition) is 4. The minimum absolute atomic E-state index is 0.0190. The molecule has 27 heavy (non-hydrogen) atoms. The highest BCUT2D eigenvalue weighted by Gasteiger charge is 2.64. The molecule has 0 heterocycles. The van der Waals surface area contributed by atoms with Gasteiger partial charge in [0.05, 0.1) is 13.2 Å². The van der Waals surface area contributed by atoms with E-state index in [0.29, 0.717) is 12.8 Å². The van der Waals surface area contributed by atoms with Gasteiger partial charge in [-0.2, -0.15) is 0 Å². The Kier molecular flexibility index (Phi) is 4.17. The van der Waals surface area contributed by atoms with Gasteiger partial charge in [-0.15, -0.1) is 0 Å². The number of aliphatic hydroxyl groups is 2. The molecule has 3 aliphatic rings. The molecule has 5 nitrogen and oxygen atoms in total. The van der Waals surface area contributed by atoms with Gasteiger partial charge in [-0.1, -0.05) is 25.1 Å². The summed E-state index contributed by atoms with van der Waals surface area (Å²) >= 11 is 0. The van der Waals surface area contributed by atoms with Crippen LogP contribution in [0.25, 0.3) is 0 Å². The lowest BCUT2D eigenvalue weighted by Gasteiger charge is -2.57. The molecule has 0 unspecified atom stereocenters. The standard InChI is InChI=1S/C22H28O5/c1-12-8-14(10-19(24)25)21(2)11-18(23)22(26)16-7-5-15(27-3)9-13(16)4-6-17(22)20(12)21/h5,7,9,14,17-18,20,23,26H,1,4,6,8,10-11H2,2-3H3,(H,24,25)/t14-,17+,18+,20-,21+,22-/m0/s1. The Hall–Kier alpha value is -1.85. The number of aliphatic hydroxyl groups excluding tert-OH is 1. The molecule has 2 fully saturated rings. The van der Waals surface area contributed by atoms with E-state index in [1.54, 1.807) is 7.11 Å². The predicted octanol–water partition coefficient (Wildman–Crippen LogP) is 2.88. The zero-order valence-electron chi connectivity index (χ0n) is 15.9. The predicted molar refractivity (Wildman–Crippen MR) is 100 cm³/mol. The maximum atomic E-state index is 11.8. The first-order valence-corrected chi connectivity index (χ1v) is 9.69. The molecular formula is C22H28O5. The number of ether oxygens (including phenoxy) is 1. The van der Waals surface area contributed by atoms with Gasteiger partial charge in [-0.25, -0.2) is 0 Å². The molecule has 3 aliphatic carbocycles. The number of methoxy groups -OCH3 is 1. The number of benzene rings is 1. The van der Waals surface area contributed by atoms with Gasteiger partial charge in [0.1, 0.15) is 11.4 Å². The Morgan fingerprint density at radius 2 is 2.15 bits per heavy atom. The van der Waals surface area contributed by atoms with E-state index >= 15 is 0 Å². The molecule has 3 N–H and O–H groups in total. The third kappa shape index (κ3) is 2.48. The van der Waals surface area contributed by atoms with E-state index in [0.717, 1.165) is 35.3 Å². The van der Waals surface area contributed by atoms with E-state index in [9.17, 15) is 20.1 Å². The topological polar surface area (TPSA) is 87.0 Å². The summed E-state index contributed by atoms with van der Waals surface area (Å²) in [6.07, 6.45) is 1.73. The summed E-state index contributed by atoms with van der Waals surface area (Å²) < 4.78 is 5.32. The molecule has 0 bridgehead atoms. The van der Waals surface area contributed by atoms with Crippen molar-refractivity contribution in [3.05, 3.63) is 41.5 Å². The molecule has 6 atom stereocenters. The van der Waals surface area contributed by atoms with Gasteiger partial charge in [0.15, 0.2) is 0 Å². The van der Waals surface area contributed by atoms with Gasteiger partial charge in [0, 0.05) is 12.3 Å². The highest BCUT2D eigenvalue weighted by Crippen LogP contribution is 2.66. The van der Waals surface area contributed by atoms with Gasteiger partial charge in [-0.05, 0) is 66.2 Å². The fourth-order valence-electron chi connectivity index (χ4n) is 6.40. The average Bonchev–Trinajstić information content (AvgIpc) is 2.84. The first kappa shape index (κ1) is 18.5. The normalized spacial score (nSPS) is 40.1. The van der Waals surface area contributed by atoms with Gasteiger partial charge >= 0.3 is 5.97 Å². The molecule has 0 saturated heterocycles. The summed E-state index contributed by atoms with van der Waals surface area (Å²) in [4.78, 5) is 11.4. The Balaban J connectivity index is 1.78. The third-order valence-electron chi connectivity index (χ3n) is 7.59. The van der Waals surface area contributed by atoms with Crippen LogP contribution in [0.4, 0.5) is 0 Å². The number of aliphatic carboxylic acids is 1. The summed E-state index contributed by atoms with van der Waals surface area (Å²) in [5, 5.41) is 32.2. The molecule has 4 rings (SSSR count). The summed E-state index contributed by atoms with van der Waals surface area (Å²) in [6.45, 7) is 6.35. The molecule has 0 radical (unpaired) electrons. The van der Waals surface area contributed by atoms with Crippen molar-refractivity contribution in [1.82, 2.24) is 0 Å². The molecule has 0 aromatic heterocycles. The lowest BCUT2D eigenvalue weighted by molar-refractivity contribution is -0.199. The fraction of sp³-hybridized carbons (Fsp3) is 0.591. The van der Waals surface area contributed by atoms with Gasteiger partial charge in [0.2, 0.25) is 0 Å². The van der Waals surface area contributed by atoms with Crippen molar-refractivity contribution < 1.29 is 24.9 Å². The van der Waals surface area contributed by atoms with Crippen LogP contribution in [0, 0.1) is 23.2 Å². The second kappa shape index (κ2) is 6.08. The van der Waals surface area contributed by atoms with E-state index in [1.165, 1.54) is 0 Å². The van der Waals surface area contributed by atoms with Crippen molar-refractivity contribution in [2.45, 2.75) is 50.7 Å². The van der Waals surface area contributed by atoms with Crippen molar-refractivity contribution in [2.75, 3.05) is 7.11 Å². The van der Waals surface area contributed by atoms with E-state index < -0.39 is 17.7 Å². The van der Waals surface area contributed by atoms with Crippen LogP contribution in [0.5, 0.6) is 5.75 Å². The van der Waals surface area contributed by atoms with Crippen LogP contribution in [0.15, 0.2) is 30.4 Å². The van der Waals surface area contributed by atoms with Crippen LogP contribution >= 0.6 is 0 Å². The van der Waals surface area contributed by atoms with Crippen LogP contribution in [0.1, 0.15) is 43.7 Å². The summed E-state index contributed by atoms with van der Waals surface area (Å²) in [7, 11) is 1.62. The first-order valence-electron chi connectivity index (χ1n) is 9.69. The summed E-state index contributed by atoms with van der Waals surface area (Å²) in [5.41, 5.74) is 1.14. The monoisotopic (exact) mass is 372 g/mol. The highest BCUT2D eigenvalue weighted by molar-refractivity contribution is 5.67. The van der Waals surface area contributed by atoms with Crippen LogP contribution in [-0.4, -0.2) is 34.5 Å². The average molecular weight is 372 g/mol. The molecule has 0 amide bonds. The minimum Gasteiger partial charge on any atom is -0.497 e. The summed E-state index contributed by atoms with van der Waals surface area (Å²) in [5.74, 6) is -0.253. The van der Waals surface area contributed by atoms with Gasteiger partial charge < -0.3 is 20.1 Å². The zero-order valence-corrected chi connectivity index (χ0v) is 15.9. The van der Waals surface area contributed by atoms with E-state index in [-0.39, 0.29) is 29.6 Å². The van der Waals surface area contributed by atoms with Crippen LogP contribution in [-0.2, 0) is 16.8 Å². The lowest BCUT2D eigenvalue weighted by atomic mass is 9.50. The molecular weight excluding hydrogens is 344 g/mol. The smallest absolute Gasteiger partial charge is 0.303 e. The summed E-state index contributed by atoms with van der Waals surface area (Å²) in [6, 6.07) is 5.65. The number of carboxylic acids is 1. The zero-order chi connectivity index (χ0) is 19.6. The van der Waals surface area contributed by atoms with Crippen molar-refractivity contribution in [2.24, 2.45) is 23.2 Å². The maximum absolute atomic E-state index is 11.8. The van der Waals surface area contributed by atoms with Crippen molar-refractivity contribution >= 4 is 5.97 Å². The Morgan fingerprint density at radius 3 is 2.81 bits per heavy atom. The number of hydrogen-bond donors (Lipinski definition) is 3. The number of carbonyl (C=O) groups is 1. The fourth-order valence-corrected chi connectivity index (χ4v) is 6.40. The number of allylic oxidation sites excluding steroid dienone is 1. The third-order valence-corrected chi connectivity index (χ3v) is 7.59. The second-order valence-electron chi connectivity index (χ2n) is 8.85. The van der Waals surface area contributed by atoms with E-state index in [1.807, 2.05) is 18.2 Å². The van der Waals surface area contributed by atoms with Crippen molar-refractivity contribution in [3.8, 4) is 5.75 Å². The lowest BCUT2D eigenvalue weighted by Crippen LogP contribution is -2.60. The number of rotatable bonds is 3. The maximum Gasteiger partial charge on any atom is 0.303 e. The molecule has 1 aromatic rings. The van der Waals surface area contributed by atoms with Crippen LogP contribution in [0.3, 0.4) is 0 Å². The molecule has 0 spiro atoms. The highest BCUT2D eigenvalue weighted by atomic mass is 16.5. The quantitative estimate of drug-likeness (QED) is 0.710. The molecule has 5 heteroatoms. The number of carboxylic acid groups (broad SMARTS) is 1. The van der Waals surface area contributed by atoms with Gasteiger partial charge in [0.25, 0.3) is 0 Å². The Morgan fingerprint density at radius 1 is 1.41 bits per heavy atom. The van der Waals surface area contributed by atoms with E-state index in [4.69, 9.17) is 4.74 Å². The van der Waals surface area contributed by atoms with Crippen LogP contribution in [0.2, 0.25) is 0 Å². The first-order chi connectivity index (χ1) is 12.7. The van der Waals surface area contributed by atoms with Crippen LogP contribution < -0.4 is 4.74 Å². The molecule has 0 aliphatic heterocycles. The largest absolute Gasteiger partial charge is 0.497 e. The van der Waals surface area contributed by atoms with Crippen molar-refractivity contribution in [1.29, 1.82) is 0 Å². The van der Waals surface area contributed by atoms with Gasteiger partial charge in [-0.3, -0.25) is 4.79 Å². The SMILES string of the molecule is C=C1C[C@@H](CC(=O)O)[C@@]2(C)C[C@@H](O)[C@]3(O)c4ccc(OC)cc4CC[C@@H]3[C@H]12. The van der Waals surface area contributed by atoms with E-state index in [2.05, 4.69) is 13.5 Å². The molecule has 146 valence electrons. The second-order valence-corrected chi connectivity index (χ2v) is 8.85.